The molecule has 2 fully saturated rings. The van der Waals surface area contributed by atoms with Gasteiger partial charge in [-0.3, -0.25) is 4.79 Å². The molecule has 1 N–H and O–H groups in total. The molecule has 3 amide bonds. The fourth-order valence-corrected chi connectivity index (χ4v) is 4.18. The summed E-state index contributed by atoms with van der Waals surface area (Å²) in [5.41, 5.74) is 1.48. The summed E-state index contributed by atoms with van der Waals surface area (Å²) in [5.74, 6) is 0.123. The molecule has 0 radical (unpaired) electrons. The number of carbonyl (C=O) groups excluding carboxylic acids is 2. The van der Waals surface area contributed by atoms with Gasteiger partial charge in [-0.2, -0.15) is 4.31 Å². The highest BCUT2D eigenvalue weighted by Crippen LogP contribution is 2.27. The van der Waals surface area contributed by atoms with Crippen LogP contribution in [0.25, 0.3) is 0 Å². The summed E-state index contributed by atoms with van der Waals surface area (Å²) < 4.78 is 24.4. The number of nitrogens with zero attached hydrogens (tertiary/aromatic N) is 3. The van der Waals surface area contributed by atoms with E-state index in [1.807, 2.05) is 19.1 Å². The van der Waals surface area contributed by atoms with Crippen LogP contribution in [0.2, 0.25) is 0 Å². The second-order valence-corrected chi connectivity index (χ2v) is 8.76. The Hall–Kier alpha value is -2.13. The summed E-state index contributed by atoms with van der Waals surface area (Å²) in [6.45, 7) is 3.35. The zero-order chi connectivity index (χ0) is 18.9. The van der Waals surface area contributed by atoms with Gasteiger partial charge in [-0.1, -0.05) is 0 Å². The monoisotopic (exact) mass is 380 g/mol. The highest BCUT2D eigenvalue weighted by molar-refractivity contribution is 7.88. The van der Waals surface area contributed by atoms with E-state index in [4.69, 9.17) is 0 Å². The molecule has 1 aromatic rings. The Labute approximate surface area is 153 Å². The fourth-order valence-electron chi connectivity index (χ4n) is 3.36. The number of rotatable bonds is 3. The van der Waals surface area contributed by atoms with Gasteiger partial charge in [0.25, 0.3) is 0 Å². The lowest BCUT2D eigenvalue weighted by Crippen LogP contribution is -2.51. The molecule has 2 saturated heterocycles. The number of carbonyl (C=O) groups is 2. The molecular weight excluding hydrogens is 356 g/mol. The van der Waals surface area contributed by atoms with Crippen molar-refractivity contribution in [3.63, 3.8) is 0 Å². The molecule has 0 saturated carbocycles. The first-order valence-electron chi connectivity index (χ1n) is 8.69. The molecule has 2 aliphatic heterocycles. The van der Waals surface area contributed by atoms with Crippen LogP contribution in [0, 0.1) is 0 Å². The summed E-state index contributed by atoms with van der Waals surface area (Å²) in [4.78, 5) is 27.7. The number of hydrogen-bond acceptors (Lipinski definition) is 4. The van der Waals surface area contributed by atoms with Gasteiger partial charge < -0.3 is 15.1 Å². The van der Waals surface area contributed by atoms with Crippen molar-refractivity contribution in [2.24, 2.45) is 0 Å². The topological polar surface area (TPSA) is 90.0 Å². The van der Waals surface area contributed by atoms with E-state index in [0.29, 0.717) is 38.3 Å². The van der Waals surface area contributed by atoms with Gasteiger partial charge in [0.05, 0.1) is 6.26 Å². The Balaban J connectivity index is 1.58. The zero-order valence-corrected chi connectivity index (χ0v) is 15.8. The molecule has 1 aromatic carbocycles. The summed E-state index contributed by atoms with van der Waals surface area (Å²) in [6.07, 6.45) is 2.60. The minimum atomic E-state index is -3.21. The number of anilines is 2. The third kappa shape index (κ3) is 3.99. The quantitative estimate of drug-likeness (QED) is 0.856. The number of sulfonamides is 1. The summed E-state index contributed by atoms with van der Waals surface area (Å²) in [5, 5.41) is 2.82. The van der Waals surface area contributed by atoms with E-state index in [0.717, 1.165) is 12.1 Å². The van der Waals surface area contributed by atoms with Crippen LogP contribution in [-0.4, -0.2) is 68.0 Å². The van der Waals surface area contributed by atoms with Crippen LogP contribution in [0.1, 0.15) is 19.8 Å². The molecule has 8 nitrogen and oxygen atoms in total. The molecule has 0 spiro atoms. The van der Waals surface area contributed by atoms with Crippen LogP contribution in [0.15, 0.2) is 24.3 Å². The Kier molecular flexibility index (Phi) is 5.19. The van der Waals surface area contributed by atoms with E-state index in [-0.39, 0.29) is 18.0 Å². The molecule has 26 heavy (non-hydrogen) atoms. The largest absolute Gasteiger partial charge is 0.322 e. The van der Waals surface area contributed by atoms with Gasteiger partial charge >= 0.3 is 6.03 Å². The maximum atomic E-state index is 12.4. The molecular formula is C17H24N4O4S. The maximum Gasteiger partial charge on any atom is 0.321 e. The molecule has 0 aromatic heterocycles. The van der Waals surface area contributed by atoms with Crippen molar-refractivity contribution in [3.05, 3.63) is 24.3 Å². The van der Waals surface area contributed by atoms with Crippen molar-refractivity contribution in [1.82, 2.24) is 9.21 Å². The van der Waals surface area contributed by atoms with E-state index in [9.17, 15) is 18.0 Å². The normalized spacial score (nSPS) is 21.9. The van der Waals surface area contributed by atoms with Gasteiger partial charge in [0.1, 0.15) is 0 Å². The first-order chi connectivity index (χ1) is 12.3. The van der Waals surface area contributed by atoms with Gasteiger partial charge in [0.15, 0.2) is 0 Å². The lowest BCUT2D eigenvalue weighted by molar-refractivity contribution is -0.117. The Morgan fingerprint density at radius 3 is 2.23 bits per heavy atom. The van der Waals surface area contributed by atoms with Gasteiger partial charge in [-0.05, 0) is 37.6 Å². The predicted octanol–water partition coefficient (Wildman–Crippen LogP) is 1.31. The molecule has 142 valence electrons. The highest BCUT2D eigenvalue weighted by Gasteiger charge is 2.29. The first kappa shape index (κ1) is 18.7. The minimum Gasteiger partial charge on any atom is -0.322 e. The van der Waals surface area contributed by atoms with Gasteiger partial charge in [-0.25, -0.2) is 13.2 Å². The fraction of sp³-hybridized carbons (Fsp3) is 0.529. The smallest absolute Gasteiger partial charge is 0.321 e. The van der Waals surface area contributed by atoms with Crippen molar-refractivity contribution >= 4 is 33.3 Å². The Morgan fingerprint density at radius 1 is 1.12 bits per heavy atom. The average Bonchev–Trinajstić information content (AvgIpc) is 2.94. The molecule has 2 heterocycles. The number of benzene rings is 1. The molecule has 9 heteroatoms. The third-order valence-electron chi connectivity index (χ3n) is 4.88. The van der Waals surface area contributed by atoms with E-state index in [1.165, 1.54) is 10.6 Å². The highest BCUT2D eigenvalue weighted by atomic mass is 32.2. The van der Waals surface area contributed by atoms with Crippen molar-refractivity contribution in [3.8, 4) is 0 Å². The first-order valence-corrected chi connectivity index (χ1v) is 10.5. The Morgan fingerprint density at radius 2 is 1.73 bits per heavy atom. The van der Waals surface area contributed by atoms with Crippen molar-refractivity contribution in [2.45, 2.75) is 25.8 Å². The Bertz CT molecular complexity index is 785. The molecule has 1 unspecified atom stereocenters. The van der Waals surface area contributed by atoms with Crippen LogP contribution >= 0.6 is 0 Å². The van der Waals surface area contributed by atoms with E-state index >= 15 is 0 Å². The van der Waals surface area contributed by atoms with Crippen LogP contribution in [0.3, 0.4) is 0 Å². The minimum absolute atomic E-state index is 0.123. The molecule has 2 aliphatic rings. The van der Waals surface area contributed by atoms with Crippen molar-refractivity contribution < 1.29 is 18.0 Å². The standard InChI is InChI=1S/C17H24N4O4S/c1-13-3-8-16(22)21(13)15-6-4-14(5-7-15)18-17(23)19-9-11-20(12-10-19)26(2,24)25/h4-7,13H,3,8-12H2,1-2H3,(H,18,23). The second kappa shape index (κ2) is 7.24. The molecule has 0 aliphatic carbocycles. The molecule has 3 rings (SSSR count). The number of nitrogens with one attached hydrogen (secondary N) is 1. The third-order valence-corrected chi connectivity index (χ3v) is 6.18. The van der Waals surface area contributed by atoms with Gasteiger partial charge in [0, 0.05) is 50.0 Å². The zero-order valence-electron chi connectivity index (χ0n) is 15.0. The van der Waals surface area contributed by atoms with E-state index in [1.54, 1.807) is 21.9 Å². The SMILES string of the molecule is CC1CCC(=O)N1c1ccc(NC(=O)N2CCN(S(C)(=O)=O)CC2)cc1. The van der Waals surface area contributed by atoms with Crippen LogP contribution in [-0.2, 0) is 14.8 Å². The van der Waals surface area contributed by atoms with E-state index < -0.39 is 10.0 Å². The summed E-state index contributed by atoms with van der Waals surface area (Å²) >= 11 is 0. The summed E-state index contributed by atoms with van der Waals surface area (Å²) in [6, 6.07) is 7.15. The molecule has 1 atom stereocenters. The lowest BCUT2D eigenvalue weighted by Gasteiger charge is -2.33. The molecule has 0 bridgehead atoms. The number of piperazine rings is 1. The average molecular weight is 380 g/mol. The van der Waals surface area contributed by atoms with Crippen LogP contribution in [0.4, 0.5) is 16.2 Å². The van der Waals surface area contributed by atoms with Gasteiger partial charge in [-0.15, -0.1) is 0 Å². The predicted molar refractivity (Wildman–Crippen MR) is 99.6 cm³/mol. The maximum absolute atomic E-state index is 12.4. The summed E-state index contributed by atoms with van der Waals surface area (Å²) in [7, 11) is -3.21. The van der Waals surface area contributed by atoms with Crippen LogP contribution < -0.4 is 10.2 Å². The number of hydrogen-bond donors (Lipinski definition) is 1. The number of urea groups is 1. The van der Waals surface area contributed by atoms with Crippen molar-refractivity contribution in [2.75, 3.05) is 42.7 Å². The van der Waals surface area contributed by atoms with Crippen molar-refractivity contribution in [1.29, 1.82) is 0 Å². The van der Waals surface area contributed by atoms with Crippen LogP contribution in [0.5, 0.6) is 0 Å². The number of amides is 3. The van der Waals surface area contributed by atoms with Gasteiger partial charge in [0.2, 0.25) is 15.9 Å². The van der Waals surface area contributed by atoms with E-state index in [2.05, 4.69) is 5.32 Å². The second-order valence-electron chi connectivity index (χ2n) is 6.78. The lowest BCUT2D eigenvalue weighted by atomic mass is 10.2.